The van der Waals surface area contributed by atoms with Crippen molar-refractivity contribution in [2.45, 2.75) is 13.3 Å². The van der Waals surface area contributed by atoms with E-state index in [1.165, 1.54) is 12.1 Å². The third kappa shape index (κ3) is 3.67. The topological polar surface area (TPSA) is 46.3 Å². The molecule has 2 aromatic carbocycles. The van der Waals surface area contributed by atoms with Gasteiger partial charge in [0.2, 0.25) is 0 Å². The summed E-state index contributed by atoms with van der Waals surface area (Å²) in [6, 6.07) is 13.5. The molecule has 0 aliphatic rings. The highest BCUT2D eigenvalue weighted by Crippen LogP contribution is 2.19. The number of hydrogen-bond donors (Lipinski definition) is 1. The first-order valence-corrected chi connectivity index (χ1v) is 7.02. The van der Waals surface area contributed by atoms with Crippen LogP contribution in [0.1, 0.15) is 22.8 Å². The molecule has 0 radical (unpaired) electrons. The number of carbonyl (C=O) groups is 1. The van der Waals surface area contributed by atoms with Gasteiger partial charge in [0.05, 0.1) is 0 Å². The zero-order valence-electron chi connectivity index (χ0n) is 12.1. The first-order valence-electron chi connectivity index (χ1n) is 7.02. The van der Waals surface area contributed by atoms with E-state index in [-0.39, 0.29) is 11.7 Å². The quantitative estimate of drug-likeness (QED) is 0.918. The van der Waals surface area contributed by atoms with Crippen LogP contribution in [0.15, 0.2) is 48.5 Å². The summed E-state index contributed by atoms with van der Waals surface area (Å²) in [6.45, 7) is 2.88. The molecule has 2 N–H and O–H groups in total. The van der Waals surface area contributed by atoms with Gasteiger partial charge in [0.25, 0.3) is 5.91 Å². The molecule has 0 heterocycles. The molecule has 0 fully saturated rings. The minimum Gasteiger partial charge on any atom is -0.330 e. The van der Waals surface area contributed by atoms with Gasteiger partial charge in [0, 0.05) is 17.8 Å². The first-order chi connectivity index (χ1) is 10.2. The summed E-state index contributed by atoms with van der Waals surface area (Å²) in [6.07, 6.45) is 0.729. The number of benzene rings is 2. The van der Waals surface area contributed by atoms with Crippen LogP contribution < -0.4 is 10.6 Å². The van der Waals surface area contributed by atoms with E-state index >= 15 is 0 Å². The van der Waals surface area contributed by atoms with Gasteiger partial charge in [-0.05, 0) is 55.8 Å². The summed E-state index contributed by atoms with van der Waals surface area (Å²) in [5.74, 6) is -0.488. The Morgan fingerprint density at radius 3 is 2.62 bits per heavy atom. The highest BCUT2D eigenvalue weighted by molar-refractivity contribution is 6.06. The van der Waals surface area contributed by atoms with Crippen LogP contribution in [0.3, 0.4) is 0 Å². The lowest BCUT2D eigenvalue weighted by Crippen LogP contribution is -2.30. The van der Waals surface area contributed by atoms with Gasteiger partial charge in [-0.15, -0.1) is 0 Å². The molecule has 110 valence electrons. The molecule has 0 aliphatic carbocycles. The normalized spacial score (nSPS) is 10.4. The average molecular weight is 286 g/mol. The molecule has 21 heavy (non-hydrogen) atoms. The van der Waals surface area contributed by atoms with Crippen LogP contribution in [0, 0.1) is 5.82 Å². The third-order valence-electron chi connectivity index (χ3n) is 3.29. The van der Waals surface area contributed by atoms with Crippen molar-refractivity contribution in [1.82, 2.24) is 0 Å². The van der Waals surface area contributed by atoms with Gasteiger partial charge in [-0.3, -0.25) is 4.79 Å². The molecular weight excluding hydrogens is 267 g/mol. The number of nitrogens with zero attached hydrogens (tertiary/aromatic N) is 1. The number of carbonyl (C=O) groups excluding carboxylic acids is 1. The second kappa shape index (κ2) is 6.99. The molecular formula is C17H19FN2O. The number of amides is 1. The summed E-state index contributed by atoms with van der Waals surface area (Å²) < 4.78 is 13.3. The average Bonchev–Trinajstić information content (AvgIpc) is 2.49. The fraction of sp³-hybridized carbons (Fsp3) is 0.235. The molecule has 0 aromatic heterocycles. The maximum atomic E-state index is 13.3. The Bertz CT molecular complexity index is 628. The van der Waals surface area contributed by atoms with Crippen molar-refractivity contribution in [3.05, 3.63) is 65.5 Å². The van der Waals surface area contributed by atoms with E-state index < -0.39 is 0 Å². The lowest BCUT2D eigenvalue weighted by Gasteiger charge is -2.21. The SMILES string of the molecule is CCN(C(=O)c1cccc(CCN)c1)c1cccc(F)c1. The Balaban J connectivity index is 2.30. The smallest absolute Gasteiger partial charge is 0.258 e. The van der Waals surface area contributed by atoms with Crippen LogP contribution in [0.4, 0.5) is 10.1 Å². The lowest BCUT2D eigenvalue weighted by atomic mass is 10.1. The van der Waals surface area contributed by atoms with E-state index in [1.807, 2.05) is 25.1 Å². The molecule has 0 spiro atoms. The molecule has 0 saturated heterocycles. The Kier molecular flexibility index (Phi) is 5.06. The number of nitrogens with two attached hydrogens (primary N) is 1. The van der Waals surface area contributed by atoms with E-state index in [0.29, 0.717) is 24.3 Å². The van der Waals surface area contributed by atoms with E-state index in [2.05, 4.69) is 0 Å². The van der Waals surface area contributed by atoms with Crippen molar-refractivity contribution in [3.8, 4) is 0 Å². The number of anilines is 1. The zero-order valence-corrected chi connectivity index (χ0v) is 12.1. The minimum atomic E-state index is -0.351. The summed E-state index contributed by atoms with van der Waals surface area (Å²) in [5.41, 5.74) is 7.72. The van der Waals surface area contributed by atoms with Crippen molar-refractivity contribution >= 4 is 11.6 Å². The predicted octanol–water partition coefficient (Wildman–Crippen LogP) is 2.99. The molecule has 2 aromatic rings. The summed E-state index contributed by atoms with van der Waals surface area (Å²) >= 11 is 0. The van der Waals surface area contributed by atoms with Crippen LogP contribution in [-0.2, 0) is 6.42 Å². The second-order valence-electron chi connectivity index (χ2n) is 4.77. The fourth-order valence-electron chi connectivity index (χ4n) is 2.27. The highest BCUT2D eigenvalue weighted by atomic mass is 19.1. The van der Waals surface area contributed by atoms with Gasteiger partial charge in [-0.1, -0.05) is 18.2 Å². The summed E-state index contributed by atoms with van der Waals surface area (Å²) in [7, 11) is 0. The summed E-state index contributed by atoms with van der Waals surface area (Å²) in [5, 5.41) is 0. The monoisotopic (exact) mass is 286 g/mol. The van der Waals surface area contributed by atoms with Crippen molar-refractivity contribution < 1.29 is 9.18 Å². The molecule has 3 nitrogen and oxygen atoms in total. The van der Waals surface area contributed by atoms with Crippen LogP contribution in [0.5, 0.6) is 0 Å². The first kappa shape index (κ1) is 15.2. The number of hydrogen-bond acceptors (Lipinski definition) is 2. The van der Waals surface area contributed by atoms with Crippen molar-refractivity contribution in [3.63, 3.8) is 0 Å². The van der Waals surface area contributed by atoms with Gasteiger partial charge < -0.3 is 10.6 Å². The molecule has 0 atom stereocenters. The molecule has 0 aliphatic heterocycles. The van der Waals surface area contributed by atoms with Crippen LogP contribution in [-0.4, -0.2) is 19.0 Å². The Morgan fingerprint density at radius 1 is 1.19 bits per heavy atom. The van der Waals surface area contributed by atoms with Crippen molar-refractivity contribution in [1.29, 1.82) is 0 Å². The largest absolute Gasteiger partial charge is 0.330 e. The van der Waals surface area contributed by atoms with E-state index in [0.717, 1.165) is 12.0 Å². The maximum absolute atomic E-state index is 13.3. The van der Waals surface area contributed by atoms with Crippen LogP contribution >= 0.6 is 0 Å². The van der Waals surface area contributed by atoms with Gasteiger partial charge in [-0.25, -0.2) is 4.39 Å². The predicted molar refractivity (Wildman–Crippen MR) is 83.0 cm³/mol. The van der Waals surface area contributed by atoms with Crippen molar-refractivity contribution in [2.75, 3.05) is 18.0 Å². The van der Waals surface area contributed by atoms with Gasteiger partial charge in [-0.2, -0.15) is 0 Å². The van der Waals surface area contributed by atoms with E-state index in [1.54, 1.807) is 23.1 Å². The lowest BCUT2D eigenvalue weighted by molar-refractivity contribution is 0.0988. The van der Waals surface area contributed by atoms with Crippen LogP contribution in [0.25, 0.3) is 0 Å². The van der Waals surface area contributed by atoms with E-state index in [9.17, 15) is 9.18 Å². The van der Waals surface area contributed by atoms with E-state index in [4.69, 9.17) is 5.73 Å². The maximum Gasteiger partial charge on any atom is 0.258 e. The molecule has 0 saturated carbocycles. The fourth-order valence-corrected chi connectivity index (χ4v) is 2.27. The van der Waals surface area contributed by atoms with Crippen molar-refractivity contribution in [2.24, 2.45) is 5.73 Å². The standard InChI is InChI=1S/C17H19FN2O/c1-2-20(16-8-4-7-15(18)12-16)17(21)14-6-3-5-13(11-14)9-10-19/h3-8,11-12H,2,9-10,19H2,1H3. The highest BCUT2D eigenvalue weighted by Gasteiger charge is 2.16. The second-order valence-corrected chi connectivity index (χ2v) is 4.77. The molecule has 0 unspecified atom stereocenters. The molecule has 1 amide bonds. The Morgan fingerprint density at radius 2 is 1.95 bits per heavy atom. The molecule has 4 heteroatoms. The van der Waals surface area contributed by atoms with Crippen LogP contribution in [0.2, 0.25) is 0 Å². The molecule has 0 bridgehead atoms. The zero-order chi connectivity index (χ0) is 15.2. The number of rotatable bonds is 5. The Labute approximate surface area is 124 Å². The third-order valence-corrected chi connectivity index (χ3v) is 3.29. The Hall–Kier alpha value is -2.20. The summed E-state index contributed by atoms with van der Waals surface area (Å²) in [4.78, 5) is 14.2. The molecule has 2 rings (SSSR count). The van der Waals surface area contributed by atoms with Gasteiger partial charge >= 0.3 is 0 Å². The number of halogens is 1. The van der Waals surface area contributed by atoms with Gasteiger partial charge in [0.1, 0.15) is 5.82 Å². The minimum absolute atomic E-state index is 0.137. The van der Waals surface area contributed by atoms with Gasteiger partial charge in [0.15, 0.2) is 0 Å².